The second kappa shape index (κ2) is 20.4. The van der Waals surface area contributed by atoms with Gasteiger partial charge in [0.15, 0.2) is 23.0 Å². The highest BCUT2D eigenvalue weighted by Gasteiger charge is 2.24. The van der Waals surface area contributed by atoms with Crippen molar-refractivity contribution in [2.75, 3.05) is 64.1 Å². The maximum absolute atomic E-state index is 13.3. The largest absolute Gasteiger partial charge is 0.469 e. The minimum Gasteiger partial charge on any atom is -0.469 e. The molecule has 1 rings (SSSR count). The van der Waals surface area contributed by atoms with Gasteiger partial charge < -0.3 is 50.8 Å². The van der Waals surface area contributed by atoms with Gasteiger partial charge in [-0.05, 0) is 54.4 Å². The van der Waals surface area contributed by atoms with Gasteiger partial charge in [-0.25, -0.2) is 19.6 Å². The molecule has 0 unspecified atom stereocenters. The van der Waals surface area contributed by atoms with Crippen molar-refractivity contribution in [1.29, 1.82) is 0 Å². The predicted octanol–water partition coefficient (Wildman–Crippen LogP) is 1.72. The fraction of sp³-hybridized carbons (Fsp3) is 0.667. The lowest BCUT2D eigenvalue weighted by Crippen LogP contribution is -2.39. The van der Waals surface area contributed by atoms with Gasteiger partial charge in [0.2, 0.25) is 0 Å². The average Bonchev–Trinajstić information content (AvgIpc) is 2.99. The van der Waals surface area contributed by atoms with Crippen molar-refractivity contribution in [1.82, 2.24) is 31.2 Å². The summed E-state index contributed by atoms with van der Waals surface area (Å²) in [7, 11) is 2.54. The van der Waals surface area contributed by atoms with Crippen LogP contribution in [0.3, 0.4) is 0 Å². The summed E-state index contributed by atoms with van der Waals surface area (Å²) in [6.45, 7) is 10.8. The van der Waals surface area contributed by atoms with E-state index in [1.54, 1.807) is 41.5 Å². The number of methoxy groups -OCH3 is 2. The Bertz CT molecular complexity index is 1170. The highest BCUT2D eigenvalue weighted by Crippen LogP contribution is 2.19. The molecular weight excluding hydrogens is 632 g/mol. The quantitative estimate of drug-likeness (QED) is 0.0735. The zero-order valence-corrected chi connectivity index (χ0v) is 29.0. The molecule has 0 aliphatic rings. The second-order valence-electron chi connectivity index (χ2n) is 12.2. The summed E-state index contributed by atoms with van der Waals surface area (Å²) < 4.78 is 19.7. The van der Waals surface area contributed by atoms with E-state index in [0.717, 1.165) is 0 Å². The first kappa shape index (κ1) is 41.1. The molecule has 0 saturated carbocycles. The lowest BCUT2D eigenvalue weighted by Gasteiger charge is -2.20. The number of nitrogens with one attached hydrogen (secondary N) is 6. The molecule has 48 heavy (non-hydrogen) atoms. The van der Waals surface area contributed by atoms with Crippen LogP contribution < -0.4 is 31.9 Å². The summed E-state index contributed by atoms with van der Waals surface area (Å²) >= 11 is 0. The highest BCUT2D eigenvalue weighted by molar-refractivity contribution is 6.01. The van der Waals surface area contributed by atoms with E-state index < -0.39 is 47.1 Å². The number of anilines is 2. The SMILES string of the molecule is COC(=O)CCCNc1nc(C(=O)NCCNC(=O)OC(C)(C)C)c(NCCCC(=O)OC)nc1C(=O)NCCNC(=O)OC(C)(C)C. The van der Waals surface area contributed by atoms with Crippen molar-refractivity contribution in [2.45, 2.75) is 78.4 Å². The molecule has 1 aromatic rings. The molecule has 4 amide bonds. The Morgan fingerprint density at radius 3 is 1.19 bits per heavy atom. The monoisotopic (exact) mass is 682 g/mol. The van der Waals surface area contributed by atoms with Gasteiger partial charge in [-0.2, -0.15) is 0 Å². The van der Waals surface area contributed by atoms with Crippen LogP contribution in [-0.2, 0) is 28.5 Å². The smallest absolute Gasteiger partial charge is 0.407 e. The first-order valence-corrected chi connectivity index (χ1v) is 15.5. The van der Waals surface area contributed by atoms with Crippen LogP contribution >= 0.6 is 0 Å². The lowest BCUT2D eigenvalue weighted by molar-refractivity contribution is -0.141. The number of amides is 4. The third-order valence-corrected chi connectivity index (χ3v) is 5.64. The minimum absolute atomic E-state index is 0.0102. The molecule has 1 aromatic heterocycles. The van der Waals surface area contributed by atoms with Crippen LogP contribution in [0, 0.1) is 0 Å². The van der Waals surface area contributed by atoms with Gasteiger partial charge in [0.25, 0.3) is 11.8 Å². The van der Waals surface area contributed by atoms with E-state index in [1.165, 1.54) is 14.2 Å². The van der Waals surface area contributed by atoms with E-state index in [1.807, 2.05) is 0 Å². The molecule has 0 bridgehead atoms. The number of nitrogens with zero attached hydrogens (tertiary/aromatic N) is 2. The molecule has 18 heteroatoms. The second-order valence-corrected chi connectivity index (χ2v) is 12.2. The Labute approximate surface area is 280 Å². The summed E-state index contributed by atoms with van der Waals surface area (Å²) in [6.07, 6.45) is -0.486. The Morgan fingerprint density at radius 2 is 0.875 bits per heavy atom. The standard InChI is InChI=1S/C30H50N8O10/c1-29(2,3)47-27(43)35-17-15-33-25(41)21-23(31-13-9-11-19(39)45-7)38-22(24(37-21)32-14-10-12-20(40)46-8)26(42)34-16-18-36-28(44)48-30(4,5)6/h9-18H2,1-8H3,(H,32,37)(H,31,38)(H,33,41)(H,34,42)(H,35,43)(H,36,44). The van der Waals surface area contributed by atoms with E-state index in [-0.39, 0.29) is 75.1 Å². The molecule has 0 atom stereocenters. The Balaban J connectivity index is 3.21. The van der Waals surface area contributed by atoms with Crippen molar-refractivity contribution in [3.05, 3.63) is 11.4 Å². The first-order chi connectivity index (χ1) is 22.5. The van der Waals surface area contributed by atoms with Gasteiger partial charge in [-0.15, -0.1) is 0 Å². The molecule has 0 radical (unpaired) electrons. The van der Waals surface area contributed by atoms with Crippen LogP contribution in [0.5, 0.6) is 0 Å². The Kier molecular flexibility index (Phi) is 17.4. The third-order valence-electron chi connectivity index (χ3n) is 5.64. The Morgan fingerprint density at radius 1 is 0.542 bits per heavy atom. The average molecular weight is 683 g/mol. The molecule has 0 fully saturated rings. The zero-order valence-electron chi connectivity index (χ0n) is 29.0. The molecule has 0 aliphatic carbocycles. The molecule has 0 saturated heterocycles. The van der Waals surface area contributed by atoms with Crippen LogP contribution in [0.25, 0.3) is 0 Å². The Hall–Kier alpha value is -4.90. The summed E-state index contributed by atoms with van der Waals surface area (Å²) in [5.74, 6) is -2.29. The van der Waals surface area contributed by atoms with Gasteiger partial charge in [0.05, 0.1) is 14.2 Å². The summed E-state index contributed by atoms with van der Waals surface area (Å²) in [6, 6.07) is 0. The molecular formula is C30H50N8O10. The number of esters is 2. The van der Waals surface area contributed by atoms with Gasteiger partial charge >= 0.3 is 24.1 Å². The van der Waals surface area contributed by atoms with E-state index in [0.29, 0.717) is 12.8 Å². The maximum Gasteiger partial charge on any atom is 0.407 e. The van der Waals surface area contributed by atoms with E-state index >= 15 is 0 Å². The van der Waals surface area contributed by atoms with Gasteiger partial charge in [-0.3, -0.25) is 19.2 Å². The number of carbonyl (C=O) groups excluding carboxylic acids is 6. The van der Waals surface area contributed by atoms with Crippen molar-refractivity contribution in [3.63, 3.8) is 0 Å². The van der Waals surface area contributed by atoms with Gasteiger partial charge in [0.1, 0.15) is 11.2 Å². The number of alkyl carbamates (subject to hydrolysis) is 2. The number of hydrogen-bond acceptors (Lipinski definition) is 14. The molecule has 0 aromatic carbocycles. The minimum atomic E-state index is -0.694. The molecule has 270 valence electrons. The van der Waals surface area contributed by atoms with Crippen molar-refractivity contribution in [3.8, 4) is 0 Å². The maximum atomic E-state index is 13.3. The molecule has 0 aliphatic heterocycles. The third kappa shape index (κ3) is 17.7. The van der Waals surface area contributed by atoms with Crippen LogP contribution in [-0.4, -0.2) is 111 Å². The summed E-state index contributed by atoms with van der Waals surface area (Å²) in [4.78, 5) is 82.4. The molecule has 6 N–H and O–H groups in total. The fourth-order valence-electron chi connectivity index (χ4n) is 3.56. The zero-order chi connectivity index (χ0) is 36.3. The normalized spacial score (nSPS) is 11.0. The molecule has 18 nitrogen and oxygen atoms in total. The van der Waals surface area contributed by atoms with Crippen LogP contribution in [0.2, 0.25) is 0 Å². The number of aromatic nitrogens is 2. The van der Waals surface area contributed by atoms with Crippen LogP contribution in [0.1, 0.15) is 88.2 Å². The van der Waals surface area contributed by atoms with Crippen molar-refractivity contribution in [2.24, 2.45) is 0 Å². The van der Waals surface area contributed by atoms with E-state index in [2.05, 4.69) is 51.3 Å². The number of ether oxygens (including phenoxy) is 4. The predicted molar refractivity (Wildman–Crippen MR) is 175 cm³/mol. The lowest BCUT2D eigenvalue weighted by atomic mass is 10.2. The van der Waals surface area contributed by atoms with E-state index in [4.69, 9.17) is 9.47 Å². The summed E-state index contributed by atoms with van der Waals surface area (Å²) in [5, 5.41) is 16.3. The molecule has 1 heterocycles. The van der Waals surface area contributed by atoms with Gasteiger partial charge in [0, 0.05) is 52.1 Å². The first-order valence-electron chi connectivity index (χ1n) is 15.5. The van der Waals surface area contributed by atoms with Crippen LogP contribution in [0.4, 0.5) is 21.2 Å². The molecule has 0 spiro atoms. The number of carbonyl (C=O) groups is 6. The van der Waals surface area contributed by atoms with Crippen molar-refractivity contribution >= 4 is 47.6 Å². The number of rotatable bonds is 18. The fourth-order valence-corrected chi connectivity index (χ4v) is 3.56. The highest BCUT2D eigenvalue weighted by atomic mass is 16.6. The van der Waals surface area contributed by atoms with Gasteiger partial charge in [-0.1, -0.05) is 0 Å². The number of hydrogen-bond donors (Lipinski definition) is 6. The topological polar surface area (TPSA) is 237 Å². The van der Waals surface area contributed by atoms with Crippen LogP contribution in [0.15, 0.2) is 0 Å². The summed E-state index contributed by atoms with van der Waals surface area (Å²) in [5.41, 5.74) is -1.74. The van der Waals surface area contributed by atoms with E-state index in [9.17, 15) is 28.8 Å². The van der Waals surface area contributed by atoms with Crippen molar-refractivity contribution < 1.29 is 47.7 Å².